The van der Waals surface area contributed by atoms with Crippen molar-refractivity contribution in [3.8, 4) is 5.75 Å². The highest BCUT2D eigenvalue weighted by Crippen LogP contribution is 2.33. The lowest BCUT2D eigenvalue weighted by Gasteiger charge is -2.16. The number of methoxy groups -OCH3 is 1. The van der Waals surface area contributed by atoms with Crippen LogP contribution in [-0.2, 0) is 0 Å². The van der Waals surface area contributed by atoms with Crippen LogP contribution in [0.2, 0.25) is 5.02 Å². The Labute approximate surface area is 95.0 Å². The number of hydrogen-bond donors (Lipinski definition) is 2. The molecule has 0 saturated heterocycles. The van der Waals surface area contributed by atoms with Gasteiger partial charge in [-0.05, 0) is 31.7 Å². The normalized spacial score (nSPS) is 12.6. The second kappa shape index (κ2) is 4.91. The number of hydrogen-bond acceptors (Lipinski definition) is 3. The van der Waals surface area contributed by atoms with E-state index in [1.165, 1.54) is 0 Å². The van der Waals surface area contributed by atoms with Crippen molar-refractivity contribution in [2.75, 3.05) is 14.2 Å². The Morgan fingerprint density at radius 1 is 1.50 bits per heavy atom. The highest BCUT2D eigenvalue weighted by Gasteiger charge is 2.13. The monoisotopic (exact) mass is 231 g/mol. The summed E-state index contributed by atoms with van der Waals surface area (Å²) in [6.45, 7) is 1.96. The quantitative estimate of drug-likeness (QED) is 0.617. The first-order valence-corrected chi connectivity index (χ1v) is 5.19. The van der Waals surface area contributed by atoms with Gasteiger partial charge in [0.1, 0.15) is 5.75 Å². The number of thiol groups is 1. The lowest BCUT2D eigenvalue weighted by Crippen LogP contribution is -2.11. The van der Waals surface area contributed by atoms with E-state index in [-0.39, 0.29) is 5.37 Å². The van der Waals surface area contributed by atoms with Crippen molar-refractivity contribution < 1.29 is 4.74 Å². The van der Waals surface area contributed by atoms with Crippen molar-refractivity contribution >= 4 is 24.2 Å². The zero-order valence-electron chi connectivity index (χ0n) is 8.47. The van der Waals surface area contributed by atoms with Crippen LogP contribution in [0.3, 0.4) is 0 Å². The molecule has 1 atom stereocenters. The third-order valence-corrected chi connectivity index (χ3v) is 2.79. The van der Waals surface area contributed by atoms with E-state index in [0.717, 1.165) is 16.9 Å². The van der Waals surface area contributed by atoms with Crippen LogP contribution in [0.5, 0.6) is 5.75 Å². The molecule has 0 amide bonds. The van der Waals surface area contributed by atoms with E-state index in [1.54, 1.807) is 7.11 Å². The van der Waals surface area contributed by atoms with Gasteiger partial charge >= 0.3 is 0 Å². The fourth-order valence-electron chi connectivity index (χ4n) is 1.39. The lowest BCUT2D eigenvalue weighted by molar-refractivity contribution is 0.405. The molecule has 0 bridgehead atoms. The average molecular weight is 232 g/mol. The predicted molar refractivity (Wildman–Crippen MR) is 63.5 cm³/mol. The van der Waals surface area contributed by atoms with Gasteiger partial charge in [0.25, 0.3) is 0 Å². The summed E-state index contributed by atoms with van der Waals surface area (Å²) in [6, 6.07) is 3.74. The molecule has 78 valence electrons. The molecule has 1 unspecified atom stereocenters. The molecular weight excluding hydrogens is 218 g/mol. The van der Waals surface area contributed by atoms with Gasteiger partial charge in [0.15, 0.2) is 0 Å². The number of nitrogens with one attached hydrogen (secondary N) is 1. The first-order valence-electron chi connectivity index (χ1n) is 4.29. The van der Waals surface area contributed by atoms with E-state index in [4.69, 9.17) is 16.3 Å². The minimum absolute atomic E-state index is 0.0673. The molecule has 0 radical (unpaired) electrons. The molecule has 0 aromatic heterocycles. The molecule has 0 aliphatic carbocycles. The van der Waals surface area contributed by atoms with Crippen LogP contribution in [-0.4, -0.2) is 14.2 Å². The van der Waals surface area contributed by atoms with Crippen molar-refractivity contribution in [1.29, 1.82) is 0 Å². The van der Waals surface area contributed by atoms with Gasteiger partial charge in [-0.3, -0.25) is 0 Å². The van der Waals surface area contributed by atoms with Gasteiger partial charge in [0, 0.05) is 10.6 Å². The van der Waals surface area contributed by atoms with Crippen molar-refractivity contribution in [3.05, 3.63) is 28.3 Å². The molecule has 0 aliphatic heterocycles. The topological polar surface area (TPSA) is 21.3 Å². The maximum Gasteiger partial charge on any atom is 0.127 e. The van der Waals surface area contributed by atoms with Gasteiger partial charge in [-0.15, -0.1) is 0 Å². The predicted octanol–water partition coefficient (Wildman–Crippen LogP) is 2.80. The van der Waals surface area contributed by atoms with Gasteiger partial charge in [-0.25, -0.2) is 0 Å². The molecule has 2 nitrogen and oxygen atoms in total. The Bertz CT molecular complexity index is 330. The van der Waals surface area contributed by atoms with Gasteiger partial charge in [0.2, 0.25) is 0 Å². The van der Waals surface area contributed by atoms with Crippen LogP contribution in [0, 0.1) is 6.92 Å². The van der Waals surface area contributed by atoms with Crippen LogP contribution < -0.4 is 10.1 Å². The van der Waals surface area contributed by atoms with Crippen molar-refractivity contribution in [2.45, 2.75) is 12.3 Å². The summed E-state index contributed by atoms with van der Waals surface area (Å²) in [5.74, 6) is 0.837. The van der Waals surface area contributed by atoms with Crippen LogP contribution >= 0.6 is 24.2 Å². The highest BCUT2D eigenvalue weighted by atomic mass is 35.5. The summed E-state index contributed by atoms with van der Waals surface area (Å²) in [5.41, 5.74) is 1.98. The van der Waals surface area contributed by atoms with E-state index >= 15 is 0 Å². The molecule has 14 heavy (non-hydrogen) atoms. The molecule has 0 fully saturated rings. The van der Waals surface area contributed by atoms with E-state index in [1.807, 2.05) is 26.1 Å². The summed E-state index contributed by atoms with van der Waals surface area (Å²) in [7, 11) is 3.49. The Balaban J connectivity index is 3.24. The number of aryl methyl sites for hydroxylation is 1. The lowest BCUT2D eigenvalue weighted by atomic mass is 10.1. The number of ether oxygens (including phenoxy) is 1. The van der Waals surface area contributed by atoms with E-state index < -0.39 is 0 Å². The first-order chi connectivity index (χ1) is 6.60. The molecule has 1 rings (SSSR count). The van der Waals surface area contributed by atoms with E-state index in [0.29, 0.717) is 5.02 Å². The molecular formula is C10H14ClNOS. The largest absolute Gasteiger partial charge is 0.496 e. The summed E-state index contributed by atoms with van der Waals surface area (Å²) in [6.07, 6.45) is 0. The second-order valence-corrected chi connectivity index (χ2v) is 3.99. The fourth-order valence-corrected chi connectivity index (χ4v) is 1.87. The average Bonchev–Trinajstić information content (AvgIpc) is 2.15. The van der Waals surface area contributed by atoms with Gasteiger partial charge < -0.3 is 10.1 Å². The molecule has 1 N–H and O–H groups in total. The molecule has 0 heterocycles. The molecule has 4 heteroatoms. The fraction of sp³-hybridized carbons (Fsp3) is 0.400. The molecule has 0 spiro atoms. The van der Waals surface area contributed by atoms with Crippen LogP contribution in [0.4, 0.5) is 0 Å². The van der Waals surface area contributed by atoms with Crippen molar-refractivity contribution in [1.82, 2.24) is 5.32 Å². The van der Waals surface area contributed by atoms with E-state index in [9.17, 15) is 0 Å². The molecule has 0 aliphatic rings. The van der Waals surface area contributed by atoms with Crippen molar-refractivity contribution in [3.63, 3.8) is 0 Å². The first kappa shape index (κ1) is 11.7. The second-order valence-electron chi connectivity index (χ2n) is 3.04. The smallest absolute Gasteiger partial charge is 0.127 e. The maximum atomic E-state index is 5.96. The Kier molecular flexibility index (Phi) is 4.11. The van der Waals surface area contributed by atoms with Crippen LogP contribution in [0.25, 0.3) is 0 Å². The Morgan fingerprint density at radius 2 is 2.14 bits per heavy atom. The zero-order chi connectivity index (χ0) is 10.7. The Morgan fingerprint density at radius 3 is 2.64 bits per heavy atom. The molecule has 1 aromatic rings. The van der Waals surface area contributed by atoms with Crippen LogP contribution in [0.15, 0.2) is 12.1 Å². The SMILES string of the molecule is CNC(S)c1cc(Cl)cc(C)c1OC. The van der Waals surface area contributed by atoms with Gasteiger partial charge in [-0.1, -0.05) is 11.6 Å². The molecule has 1 aromatic carbocycles. The number of halogens is 1. The zero-order valence-corrected chi connectivity index (χ0v) is 10.1. The maximum absolute atomic E-state index is 5.96. The summed E-state index contributed by atoms with van der Waals surface area (Å²) in [5, 5.41) is 3.67. The Hall–Kier alpha value is -0.380. The molecule has 0 saturated carbocycles. The van der Waals surface area contributed by atoms with Crippen molar-refractivity contribution in [2.24, 2.45) is 0 Å². The number of benzene rings is 1. The van der Waals surface area contributed by atoms with E-state index in [2.05, 4.69) is 17.9 Å². The minimum Gasteiger partial charge on any atom is -0.496 e. The minimum atomic E-state index is -0.0673. The highest BCUT2D eigenvalue weighted by molar-refractivity contribution is 7.80. The van der Waals surface area contributed by atoms with Gasteiger partial charge in [-0.2, -0.15) is 12.6 Å². The van der Waals surface area contributed by atoms with Crippen LogP contribution in [0.1, 0.15) is 16.5 Å². The third kappa shape index (κ3) is 2.35. The summed E-state index contributed by atoms with van der Waals surface area (Å²) >= 11 is 10.4. The van der Waals surface area contributed by atoms with Gasteiger partial charge in [0.05, 0.1) is 12.5 Å². The standard InChI is InChI=1S/C10H14ClNOS/c1-6-4-7(11)5-8(9(6)13-3)10(14)12-2/h4-5,10,12,14H,1-3H3. The summed E-state index contributed by atoms with van der Waals surface area (Å²) < 4.78 is 5.31. The third-order valence-electron chi connectivity index (χ3n) is 2.04. The number of rotatable bonds is 3. The summed E-state index contributed by atoms with van der Waals surface area (Å²) in [4.78, 5) is 0.